The molecule has 1 amide bonds. The van der Waals surface area contributed by atoms with Gasteiger partial charge in [-0.25, -0.2) is 4.39 Å². The number of piperazine rings is 1. The van der Waals surface area contributed by atoms with Gasteiger partial charge in [-0.3, -0.25) is 14.5 Å². The van der Waals surface area contributed by atoms with E-state index in [1.807, 2.05) is 12.1 Å². The Balaban J connectivity index is 1.44. The lowest BCUT2D eigenvalue weighted by Crippen LogP contribution is -2.48. The minimum absolute atomic E-state index is 0.200. The summed E-state index contributed by atoms with van der Waals surface area (Å²) < 4.78 is 14.3. The summed E-state index contributed by atoms with van der Waals surface area (Å²) in [5, 5.41) is 4.22. The molecule has 1 saturated heterocycles. The molecule has 0 spiro atoms. The molecule has 1 aliphatic rings. The van der Waals surface area contributed by atoms with E-state index in [4.69, 9.17) is 0 Å². The third-order valence-corrected chi connectivity index (χ3v) is 5.41. The fourth-order valence-electron chi connectivity index (χ4n) is 3.59. The quantitative estimate of drug-likeness (QED) is 0.669. The lowest BCUT2D eigenvalue weighted by atomic mass is 10.1. The largest absolute Gasteiger partial charge is 0.335 e. The SMILES string of the molecule is Cc1ccccc1CN1CCN(C(=O)c2ccc(=O)n(-c3ccc(F)cc3)n2)CC1. The Kier molecular flexibility index (Phi) is 5.72. The third-order valence-electron chi connectivity index (χ3n) is 5.41. The highest BCUT2D eigenvalue weighted by Crippen LogP contribution is 2.14. The Morgan fingerprint density at radius 3 is 2.37 bits per heavy atom. The van der Waals surface area contributed by atoms with E-state index in [1.54, 1.807) is 4.90 Å². The van der Waals surface area contributed by atoms with Crippen molar-refractivity contribution in [1.82, 2.24) is 19.6 Å². The van der Waals surface area contributed by atoms with Crippen LogP contribution in [0.3, 0.4) is 0 Å². The molecule has 1 fully saturated rings. The minimum atomic E-state index is -0.400. The number of halogens is 1. The van der Waals surface area contributed by atoms with Crippen molar-refractivity contribution in [3.05, 3.63) is 93.7 Å². The van der Waals surface area contributed by atoms with E-state index in [2.05, 4.69) is 29.1 Å². The fourth-order valence-corrected chi connectivity index (χ4v) is 3.59. The van der Waals surface area contributed by atoms with Crippen LogP contribution >= 0.6 is 0 Å². The first-order chi connectivity index (χ1) is 14.5. The Morgan fingerprint density at radius 2 is 1.67 bits per heavy atom. The Morgan fingerprint density at radius 1 is 0.967 bits per heavy atom. The summed E-state index contributed by atoms with van der Waals surface area (Å²) in [4.78, 5) is 29.2. The van der Waals surface area contributed by atoms with E-state index >= 15 is 0 Å². The minimum Gasteiger partial charge on any atom is -0.335 e. The highest BCUT2D eigenvalue weighted by Gasteiger charge is 2.24. The van der Waals surface area contributed by atoms with Crippen LogP contribution in [0.25, 0.3) is 5.69 Å². The molecular formula is C23H23FN4O2. The van der Waals surface area contributed by atoms with Crippen molar-refractivity contribution in [2.45, 2.75) is 13.5 Å². The maximum atomic E-state index is 13.2. The van der Waals surface area contributed by atoms with Crippen LogP contribution in [-0.2, 0) is 6.54 Å². The van der Waals surface area contributed by atoms with Crippen LogP contribution in [0.2, 0.25) is 0 Å². The number of benzene rings is 2. The number of aryl methyl sites for hydroxylation is 1. The number of nitrogens with zero attached hydrogens (tertiary/aromatic N) is 4. The second kappa shape index (κ2) is 8.59. The van der Waals surface area contributed by atoms with Crippen molar-refractivity contribution < 1.29 is 9.18 Å². The Hall–Kier alpha value is -3.32. The normalized spacial score (nSPS) is 14.7. The highest BCUT2D eigenvalue weighted by molar-refractivity contribution is 5.92. The number of rotatable bonds is 4. The molecule has 0 saturated carbocycles. The second-order valence-electron chi connectivity index (χ2n) is 7.44. The van der Waals surface area contributed by atoms with E-state index in [0.717, 1.165) is 24.3 Å². The van der Waals surface area contributed by atoms with Crippen molar-refractivity contribution in [3.8, 4) is 5.69 Å². The first-order valence-electron chi connectivity index (χ1n) is 9.94. The summed E-state index contributed by atoms with van der Waals surface area (Å²) >= 11 is 0. The zero-order valence-corrected chi connectivity index (χ0v) is 16.8. The molecule has 0 bridgehead atoms. The van der Waals surface area contributed by atoms with Crippen LogP contribution in [0.15, 0.2) is 65.5 Å². The number of aromatic nitrogens is 2. The Labute approximate surface area is 174 Å². The number of hydrogen-bond donors (Lipinski definition) is 0. The average Bonchev–Trinajstić information content (AvgIpc) is 2.76. The van der Waals surface area contributed by atoms with Gasteiger partial charge in [0.05, 0.1) is 5.69 Å². The van der Waals surface area contributed by atoms with Crippen LogP contribution in [0, 0.1) is 12.7 Å². The van der Waals surface area contributed by atoms with Crippen LogP contribution in [0.5, 0.6) is 0 Å². The van der Waals surface area contributed by atoms with Crippen LogP contribution < -0.4 is 5.56 Å². The number of carbonyl (C=O) groups is 1. The zero-order chi connectivity index (χ0) is 21.1. The summed E-state index contributed by atoms with van der Waals surface area (Å²) in [7, 11) is 0. The zero-order valence-electron chi connectivity index (χ0n) is 16.8. The summed E-state index contributed by atoms with van der Waals surface area (Å²) in [6.07, 6.45) is 0. The summed E-state index contributed by atoms with van der Waals surface area (Å²) in [6, 6.07) is 16.5. The van der Waals surface area contributed by atoms with E-state index in [9.17, 15) is 14.0 Å². The van der Waals surface area contributed by atoms with Gasteiger partial charge in [-0.2, -0.15) is 9.78 Å². The van der Waals surface area contributed by atoms with Crippen molar-refractivity contribution in [1.29, 1.82) is 0 Å². The molecule has 0 N–H and O–H groups in total. The van der Waals surface area contributed by atoms with Gasteiger partial charge >= 0.3 is 0 Å². The standard InChI is InChI=1S/C23H23FN4O2/c1-17-4-2-3-5-18(17)16-26-12-14-27(15-13-26)23(30)21-10-11-22(29)28(25-21)20-8-6-19(24)7-9-20/h2-11H,12-16H2,1H3. The number of amides is 1. The molecule has 2 heterocycles. The van der Waals surface area contributed by atoms with Crippen molar-refractivity contribution >= 4 is 5.91 Å². The molecule has 7 heteroatoms. The third kappa shape index (κ3) is 4.31. The predicted molar refractivity (Wildman–Crippen MR) is 112 cm³/mol. The van der Waals surface area contributed by atoms with Gasteiger partial charge in [0.15, 0.2) is 0 Å². The lowest BCUT2D eigenvalue weighted by molar-refractivity contribution is 0.0620. The van der Waals surface area contributed by atoms with Gasteiger partial charge in [0.2, 0.25) is 0 Å². The average molecular weight is 406 g/mol. The van der Waals surface area contributed by atoms with Gasteiger partial charge < -0.3 is 4.90 Å². The fraction of sp³-hybridized carbons (Fsp3) is 0.261. The smallest absolute Gasteiger partial charge is 0.274 e. The molecule has 3 aromatic rings. The molecule has 154 valence electrons. The molecular weight excluding hydrogens is 383 g/mol. The number of hydrogen-bond acceptors (Lipinski definition) is 4. The molecule has 4 rings (SSSR count). The van der Waals surface area contributed by atoms with Crippen molar-refractivity contribution in [3.63, 3.8) is 0 Å². The summed E-state index contributed by atoms with van der Waals surface area (Å²) in [6.45, 7) is 5.72. The molecule has 2 aromatic carbocycles. The summed E-state index contributed by atoms with van der Waals surface area (Å²) in [5.41, 5.74) is 2.81. The monoisotopic (exact) mass is 406 g/mol. The van der Waals surface area contributed by atoms with E-state index in [-0.39, 0.29) is 17.2 Å². The molecule has 1 aliphatic heterocycles. The maximum absolute atomic E-state index is 13.2. The predicted octanol–water partition coefficient (Wildman–Crippen LogP) is 2.64. The molecule has 6 nitrogen and oxygen atoms in total. The molecule has 0 atom stereocenters. The van der Waals surface area contributed by atoms with Crippen LogP contribution in [0.4, 0.5) is 4.39 Å². The van der Waals surface area contributed by atoms with Gasteiger partial charge in [-0.1, -0.05) is 24.3 Å². The van der Waals surface area contributed by atoms with Crippen molar-refractivity contribution in [2.75, 3.05) is 26.2 Å². The second-order valence-corrected chi connectivity index (χ2v) is 7.44. The van der Waals surface area contributed by atoms with Gasteiger partial charge in [0.25, 0.3) is 11.5 Å². The molecule has 30 heavy (non-hydrogen) atoms. The van der Waals surface area contributed by atoms with Gasteiger partial charge in [0, 0.05) is 38.8 Å². The van der Waals surface area contributed by atoms with E-state index < -0.39 is 5.82 Å². The van der Waals surface area contributed by atoms with Crippen LogP contribution in [-0.4, -0.2) is 51.7 Å². The van der Waals surface area contributed by atoms with Crippen molar-refractivity contribution in [2.24, 2.45) is 0 Å². The maximum Gasteiger partial charge on any atom is 0.274 e. The lowest BCUT2D eigenvalue weighted by Gasteiger charge is -2.34. The number of carbonyl (C=O) groups excluding carboxylic acids is 1. The molecule has 0 radical (unpaired) electrons. The molecule has 1 aromatic heterocycles. The summed E-state index contributed by atoms with van der Waals surface area (Å²) in [5.74, 6) is -0.607. The van der Waals surface area contributed by atoms with E-state index in [1.165, 1.54) is 47.5 Å². The van der Waals surface area contributed by atoms with Crippen LogP contribution in [0.1, 0.15) is 21.6 Å². The Bertz CT molecular complexity index is 1100. The van der Waals surface area contributed by atoms with E-state index in [0.29, 0.717) is 18.8 Å². The molecule has 0 aliphatic carbocycles. The first-order valence-corrected chi connectivity index (χ1v) is 9.94. The highest BCUT2D eigenvalue weighted by atomic mass is 19.1. The topological polar surface area (TPSA) is 58.4 Å². The first kappa shape index (κ1) is 20.0. The molecule has 0 unspecified atom stereocenters. The van der Waals surface area contributed by atoms with Gasteiger partial charge in [0.1, 0.15) is 11.5 Å². The van der Waals surface area contributed by atoms with Gasteiger partial charge in [-0.15, -0.1) is 0 Å². The van der Waals surface area contributed by atoms with Gasteiger partial charge in [-0.05, 0) is 48.4 Å².